The molecule has 1 saturated carbocycles. The zero-order valence-electron chi connectivity index (χ0n) is 24.4. The van der Waals surface area contributed by atoms with Crippen LogP contribution in [0.3, 0.4) is 0 Å². The lowest BCUT2D eigenvalue weighted by atomic mass is 9.77. The fourth-order valence-corrected chi connectivity index (χ4v) is 5.97. The quantitative estimate of drug-likeness (QED) is 0.185. The van der Waals surface area contributed by atoms with Crippen LogP contribution in [-0.2, 0) is 0 Å². The van der Waals surface area contributed by atoms with Crippen LogP contribution in [0.1, 0.15) is 147 Å². The van der Waals surface area contributed by atoms with Gasteiger partial charge in [-0.25, -0.2) is 4.98 Å². The molecule has 0 aliphatic heterocycles. The van der Waals surface area contributed by atoms with Gasteiger partial charge in [0.2, 0.25) is 0 Å². The Labute approximate surface area is 233 Å². The molecule has 0 atom stereocenters. The Kier molecular flexibility index (Phi) is 14.3. The minimum Gasteiger partial charge on any atom is -0.491 e. The predicted octanol–water partition coefficient (Wildman–Crippen LogP) is 10.8. The van der Waals surface area contributed by atoms with Crippen LogP contribution < -0.4 is 4.74 Å². The summed E-state index contributed by atoms with van der Waals surface area (Å²) in [5, 5.41) is 9.64. The van der Waals surface area contributed by atoms with Crippen molar-refractivity contribution in [1.82, 2.24) is 4.98 Å². The highest BCUT2D eigenvalue weighted by Crippen LogP contribution is 2.38. The Morgan fingerprint density at radius 3 is 1.97 bits per heavy atom. The molecule has 0 unspecified atom stereocenters. The van der Waals surface area contributed by atoms with Crippen LogP contribution in [-0.4, -0.2) is 11.6 Å². The molecule has 0 radical (unpaired) electrons. The van der Waals surface area contributed by atoms with Crippen molar-refractivity contribution < 1.29 is 4.74 Å². The number of nitriles is 1. The van der Waals surface area contributed by atoms with Crippen LogP contribution >= 0.6 is 0 Å². The van der Waals surface area contributed by atoms with Gasteiger partial charge in [-0.15, -0.1) is 0 Å². The summed E-state index contributed by atoms with van der Waals surface area (Å²) >= 11 is 0. The molecule has 3 nitrogen and oxygen atoms in total. The normalized spacial score (nSPS) is 17.3. The Bertz CT molecular complexity index is 937. The summed E-state index contributed by atoms with van der Waals surface area (Å²) in [5.41, 5.74) is 3.76. The van der Waals surface area contributed by atoms with Crippen molar-refractivity contribution in [3.63, 3.8) is 0 Å². The molecule has 1 aliphatic rings. The smallest absolute Gasteiger partial charge is 0.183 e. The van der Waals surface area contributed by atoms with Crippen LogP contribution in [0.15, 0.2) is 36.4 Å². The van der Waals surface area contributed by atoms with Gasteiger partial charge in [-0.05, 0) is 61.6 Å². The second kappa shape index (κ2) is 18.0. The van der Waals surface area contributed by atoms with Gasteiger partial charge in [0.05, 0.1) is 12.3 Å². The molecule has 0 bridgehead atoms. The van der Waals surface area contributed by atoms with Gasteiger partial charge in [0.25, 0.3) is 0 Å². The minimum atomic E-state index is 0.386. The minimum absolute atomic E-state index is 0.386. The summed E-state index contributed by atoms with van der Waals surface area (Å²) in [7, 11) is 0. The van der Waals surface area contributed by atoms with Gasteiger partial charge >= 0.3 is 0 Å². The van der Waals surface area contributed by atoms with E-state index >= 15 is 0 Å². The van der Waals surface area contributed by atoms with E-state index in [4.69, 9.17) is 4.74 Å². The third-order valence-electron chi connectivity index (χ3n) is 8.46. The molecular formula is C35H52N2O. The molecule has 0 spiro atoms. The molecule has 0 amide bonds. The molecule has 1 heterocycles. The maximum absolute atomic E-state index is 9.64. The Morgan fingerprint density at radius 1 is 0.737 bits per heavy atom. The average Bonchev–Trinajstić information content (AvgIpc) is 2.96. The Morgan fingerprint density at radius 2 is 1.34 bits per heavy atom. The number of hydrogen-bond acceptors (Lipinski definition) is 3. The van der Waals surface area contributed by atoms with E-state index in [0.717, 1.165) is 23.6 Å². The molecule has 1 aromatic carbocycles. The lowest BCUT2D eigenvalue weighted by Gasteiger charge is -2.29. The highest BCUT2D eigenvalue weighted by atomic mass is 16.5. The van der Waals surface area contributed by atoms with Crippen molar-refractivity contribution in [2.45, 2.75) is 135 Å². The van der Waals surface area contributed by atoms with Crippen molar-refractivity contribution in [3.8, 4) is 23.1 Å². The van der Waals surface area contributed by atoms with Crippen LogP contribution in [0.5, 0.6) is 5.75 Å². The first-order valence-corrected chi connectivity index (χ1v) is 15.9. The molecule has 1 fully saturated rings. The number of unbranched alkanes of at least 4 members (excludes halogenated alkanes) is 11. The van der Waals surface area contributed by atoms with E-state index in [-0.39, 0.29) is 0 Å². The second-order valence-corrected chi connectivity index (χ2v) is 11.5. The monoisotopic (exact) mass is 516 g/mol. The number of hydrogen-bond donors (Lipinski definition) is 0. The third-order valence-corrected chi connectivity index (χ3v) is 8.46. The highest BCUT2D eigenvalue weighted by molar-refractivity contribution is 5.61. The van der Waals surface area contributed by atoms with Gasteiger partial charge in [-0.2, -0.15) is 5.26 Å². The van der Waals surface area contributed by atoms with E-state index in [0.29, 0.717) is 24.0 Å². The van der Waals surface area contributed by atoms with Gasteiger partial charge in [0.15, 0.2) is 11.4 Å². The highest BCUT2D eigenvalue weighted by Gasteiger charge is 2.22. The Hall–Kier alpha value is -2.34. The molecule has 1 aliphatic carbocycles. The topological polar surface area (TPSA) is 45.9 Å². The van der Waals surface area contributed by atoms with Gasteiger partial charge in [0.1, 0.15) is 6.07 Å². The predicted molar refractivity (Wildman–Crippen MR) is 161 cm³/mol. The van der Waals surface area contributed by atoms with Crippen molar-refractivity contribution in [2.75, 3.05) is 6.61 Å². The van der Waals surface area contributed by atoms with E-state index < -0.39 is 0 Å². The number of aromatic nitrogens is 1. The summed E-state index contributed by atoms with van der Waals surface area (Å²) in [6.45, 7) is 5.18. The van der Waals surface area contributed by atoms with E-state index in [2.05, 4.69) is 49.2 Å². The van der Waals surface area contributed by atoms with Crippen molar-refractivity contribution in [3.05, 3.63) is 47.7 Å². The zero-order chi connectivity index (χ0) is 26.8. The number of benzene rings is 1. The first kappa shape index (κ1) is 30.2. The fraction of sp³-hybridized carbons (Fsp3) is 0.657. The third kappa shape index (κ3) is 10.4. The van der Waals surface area contributed by atoms with Crippen molar-refractivity contribution in [2.24, 2.45) is 5.92 Å². The van der Waals surface area contributed by atoms with Crippen LogP contribution in [0.4, 0.5) is 0 Å². The molecule has 3 rings (SSSR count). The summed E-state index contributed by atoms with van der Waals surface area (Å²) in [4.78, 5) is 4.62. The fourth-order valence-electron chi connectivity index (χ4n) is 5.97. The second-order valence-electron chi connectivity index (χ2n) is 11.5. The molecular weight excluding hydrogens is 464 g/mol. The summed E-state index contributed by atoms with van der Waals surface area (Å²) in [6, 6.07) is 15.1. The lowest BCUT2D eigenvalue weighted by Crippen LogP contribution is -2.13. The molecule has 1 aromatic heterocycles. The number of ether oxygens (including phenoxy) is 1. The molecule has 0 N–H and O–H groups in total. The van der Waals surface area contributed by atoms with Gasteiger partial charge in [0, 0.05) is 5.56 Å². The van der Waals surface area contributed by atoms with Crippen LogP contribution in [0.2, 0.25) is 0 Å². The summed E-state index contributed by atoms with van der Waals surface area (Å²) in [5.74, 6) is 2.24. The van der Waals surface area contributed by atoms with Crippen LogP contribution in [0, 0.1) is 17.2 Å². The van der Waals surface area contributed by atoms with Gasteiger partial charge < -0.3 is 4.74 Å². The summed E-state index contributed by atoms with van der Waals surface area (Å²) < 4.78 is 5.90. The molecule has 38 heavy (non-hydrogen) atoms. The van der Waals surface area contributed by atoms with Crippen molar-refractivity contribution in [1.29, 1.82) is 5.26 Å². The molecule has 0 saturated heterocycles. The standard InChI is InChI=1S/C35H52N2O/c1-3-5-7-9-11-12-14-16-29-17-19-30(20-18-29)31-21-23-32(24-22-31)33-25-26-35(34(28-36)37-33)38-27-15-13-10-8-6-4-2/h21-26,29-30H,3-20,27H2,1-2H3. The maximum Gasteiger partial charge on any atom is 0.183 e. The van der Waals surface area contributed by atoms with Crippen molar-refractivity contribution >= 4 is 0 Å². The number of nitrogens with zero attached hydrogens (tertiary/aromatic N) is 2. The average molecular weight is 517 g/mol. The lowest BCUT2D eigenvalue weighted by molar-refractivity contribution is 0.302. The molecule has 3 heteroatoms. The summed E-state index contributed by atoms with van der Waals surface area (Å²) in [6.07, 6.45) is 24.1. The molecule has 2 aromatic rings. The largest absolute Gasteiger partial charge is 0.491 e. The first-order valence-electron chi connectivity index (χ1n) is 15.9. The van der Waals surface area contributed by atoms with Gasteiger partial charge in [-0.1, -0.05) is 122 Å². The zero-order valence-corrected chi connectivity index (χ0v) is 24.4. The SMILES string of the molecule is CCCCCCCCCC1CCC(c2ccc(-c3ccc(OCCCCCCCC)c(C#N)n3)cc2)CC1. The van der Waals surface area contributed by atoms with E-state index in [1.165, 1.54) is 115 Å². The van der Waals surface area contributed by atoms with Gasteiger partial charge in [-0.3, -0.25) is 0 Å². The Balaban J connectivity index is 1.41. The maximum atomic E-state index is 9.64. The number of pyridine rings is 1. The van der Waals surface area contributed by atoms with Crippen LogP contribution in [0.25, 0.3) is 11.3 Å². The van der Waals surface area contributed by atoms with E-state index in [1.807, 2.05) is 12.1 Å². The van der Waals surface area contributed by atoms with E-state index in [9.17, 15) is 5.26 Å². The van der Waals surface area contributed by atoms with E-state index in [1.54, 1.807) is 0 Å². The number of rotatable bonds is 18. The first-order chi connectivity index (χ1) is 18.7. The molecule has 208 valence electrons.